The molecule has 3 rings (SSSR count). The molecule has 2 fully saturated rings. The first-order chi connectivity index (χ1) is 10.4. The summed E-state index contributed by atoms with van der Waals surface area (Å²) in [4.78, 5) is 38.6. The fraction of sp³-hybridized carbons (Fsp3) is 0.429. The van der Waals surface area contributed by atoms with E-state index in [0.717, 1.165) is 0 Å². The number of hydrogen-bond donors (Lipinski definition) is 4. The zero-order valence-electron chi connectivity index (χ0n) is 11.5. The van der Waals surface area contributed by atoms with Gasteiger partial charge in [-0.2, -0.15) is 0 Å². The Balaban J connectivity index is 1.79. The number of rotatable bonds is 4. The predicted octanol–water partition coefficient (Wildman–Crippen LogP) is -0.687. The van der Waals surface area contributed by atoms with Crippen molar-refractivity contribution >= 4 is 17.8 Å². The first-order valence-corrected chi connectivity index (χ1v) is 6.82. The van der Waals surface area contributed by atoms with Gasteiger partial charge in [0, 0.05) is 29.9 Å². The standard InChI is InChI=1S/C14H15N3O5/c15-14(13(21)22)5-7(8-9(10(8)14)12(19)20)17-11(18)6-1-3-16-4-2-6/h1-4,7-10H,5,15H2,(H,17,18)(H,19,20)(H,21,22)/t7-,8-,9-,10-,14-/m0/s1. The summed E-state index contributed by atoms with van der Waals surface area (Å²) in [5.41, 5.74) is 4.67. The number of fused-ring (bicyclic) bond motifs is 1. The van der Waals surface area contributed by atoms with Crippen molar-refractivity contribution in [1.82, 2.24) is 10.3 Å². The van der Waals surface area contributed by atoms with Gasteiger partial charge in [0.05, 0.1) is 5.92 Å². The average molecular weight is 305 g/mol. The van der Waals surface area contributed by atoms with Gasteiger partial charge >= 0.3 is 11.9 Å². The van der Waals surface area contributed by atoms with Crippen molar-refractivity contribution < 1.29 is 24.6 Å². The topological polar surface area (TPSA) is 143 Å². The zero-order valence-corrected chi connectivity index (χ0v) is 11.5. The number of hydrogen-bond acceptors (Lipinski definition) is 5. The van der Waals surface area contributed by atoms with Crippen molar-refractivity contribution in [2.45, 2.75) is 18.0 Å². The summed E-state index contributed by atoms with van der Waals surface area (Å²) in [6, 6.07) is 2.49. The van der Waals surface area contributed by atoms with E-state index in [0.29, 0.717) is 5.56 Å². The highest BCUT2D eigenvalue weighted by molar-refractivity contribution is 5.95. The first kappa shape index (κ1) is 14.5. The van der Waals surface area contributed by atoms with Crippen LogP contribution in [0.2, 0.25) is 0 Å². The molecule has 2 saturated carbocycles. The number of carboxylic acid groups (broad SMARTS) is 2. The summed E-state index contributed by atoms with van der Waals surface area (Å²) in [7, 11) is 0. The van der Waals surface area contributed by atoms with Gasteiger partial charge in [-0.15, -0.1) is 0 Å². The molecule has 0 spiro atoms. The van der Waals surface area contributed by atoms with E-state index in [-0.39, 0.29) is 6.42 Å². The Labute approximate surface area is 125 Å². The van der Waals surface area contributed by atoms with E-state index in [1.807, 2.05) is 0 Å². The quantitative estimate of drug-likeness (QED) is 0.576. The van der Waals surface area contributed by atoms with Crippen molar-refractivity contribution in [3.8, 4) is 0 Å². The lowest BCUT2D eigenvalue weighted by atomic mass is 9.90. The largest absolute Gasteiger partial charge is 0.481 e. The summed E-state index contributed by atoms with van der Waals surface area (Å²) < 4.78 is 0. The molecule has 8 nitrogen and oxygen atoms in total. The highest BCUT2D eigenvalue weighted by atomic mass is 16.4. The number of aliphatic carboxylic acids is 2. The van der Waals surface area contributed by atoms with Gasteiger partial charge in [-0.25, -0.2) is 0 Å². The minimum atomic E-state index is -1.61. The summed E-state index contributed by atoms with van der Waals surface area (Å²) in [5.74, 6) is -4.61. The minimum Gasteiger partial charge on any atom is -0.481 e. The van der Waals surface area contributed by atoms with Crippen LogP contribution in [-0.2, 0) is 9.59 Å². The molecule has 1 heterocycles. The summed E-state index contributed by atoms with van der Waals surface area (Å²) >= 11 is 0. The number of carbonyl (C=O) groups is 3. The molecule has 5 atom stereocenters. The van der Waals surface area contributed by atoms with Crippen molar-refractivity contribution in [3.63, 3.8) is 0 Å². The Morgan fingerprint density at radius 2 is 1.91 bits per heavy atom. The molecule has 0 radical (unpaired) electrons. The lowest BCUT2D eigenvalue weighted by Gasteiger charge is -2.25. The molecule has 22 heavy (non-hydrogen) atoms. The van der Waals surface area contributed by atoms with Gasteiger partial charge in [0.1, 0.15) is 5.54 Å². The Bertz CT molecular complexity index is 649. The van der Waals surface area contributed by atoms with Crippen LogP contribution in [0.4, 0.5) is 0 Å². The molecular weight excluding hydrogens is 290 g/mol. The van der Waals surface area contributed by atoms with Gasteiger partial charge in [0.2, 0.25) is 0 Å². The van der Waals surface area contributed by atoms with Crippen LogP contribution in [0.1, 0.15) is 16.8 Å². The maximum absolute atomic E-state index is 12.1. The van der Waals surface area contributed by atoms with Gasteiger partial charge in [-0.1, -0.05) is 0 Å². The molecule has 1 amide bonds. The maximum Gasteiger partial charge on any atom is 0.324 e. The van der Waals surface area contributed by atoms with Crippen LogP contribution in [0.15, 0.2) is 24.5 Å². The lowest BCUT2D eigenvalue weighted by molar-refractivity contribution is -0.145. The van der Waals surface area contributed by atoms with E-state index in [1.54, 1.807) is 0 Å². The third-order valence-electron chi connectivity index (χ3n) is 4.63. The number of amides is 1. The first-order valence-electron chi connectivity index (χ1n) is 6.82. The Morgan fingerprint density at radius 3 is 2.45 bits per heavy atom. The molecule has 116 valence electrons. The third kappa shape index (κ3) is 2.03. The second-order valence-electron chi connectivity index (χ2n) is 5.83. The van der Waals surface area contributed by atoms with Crippen LogP contribution in [0.5, 0.6) is 0 Å². The fourth-order valence-corrected chi connectivity index (χ4v) is 3.59. The lowest BCUT2D eigenvalue weighted by Crippen LogP contribution is -2.52. The van der Waals surface area contributed by atoms with Crippen LogP contribution >= 0.6 is 0 Å². The molecule has 1 aromatic heterocycles. The second kappa shape index (κ2) is 4.77. The number of pyridine rings is 1. The summed E-state index contributed by atoms with van der Waals surface area (Å²) in [6.07, 6.45) is 2.96. The van der Waals surface area contributed by atoms with Crippen molar-refractivity contribution in [1.29, 1.82) is 0 Å². The molecule has 0 aromatic carbocycles. The summed E-state index contributed by atoms with van der Waals surface area (Å²) in [6.45, 7) is 0. The number of aromatic nitrogens is 1. The smallest absolute Gasteiger partial charge is 0.324 e. The number of nitrogens with two attached hydrogens (primary N) is 1. The van der Waals surface area contributed by atoms with E-state index >= 15 is 0 Å². The van der Waals surface area contributed by atoms with Gasteiger partial charge in [-0.3, -0.25) is 19.4 Å². The monoisotopic (exact) mass is 305 g/mol. The van der Waals surface area contributed by atoms with Crippen molar-refractivity contribution in [2.75, 3.05) is 0 Å². The Kier molecular flexibility index (Phi) is 3.13. The highest BCUT2D eigenvalue weighted by Crippen LogP contribution is 2.61. The molecule has 2 aliphatic rings. The number of carboxylic acids is 2. The molecule has 0 saturated heterocycles. The van der Waals surface area contributed by atoms with Crippen LogP contribution in [0.25, 0.3) is 0 Å². The molecule has 5 N–H and O–H groups in total. The van der Waals surface area contributed by atoms with E-state index in [2.05, 4.69) is 10.3 Å². The van der Waals surface area contributed by atoms with Crippen molar-refractivity contribution in [3.05, 3.63) is 30.1 Å². The average Bonchev–Trinajstić information content (AvgIpc) is 3.17. The van der Waals surface area contributed by atoms with Crippen molar-refractivity contribution in [2.24, 2.45) is 23.5 Å². The minimum absolute atomic E-state index is 0.0261. The molecule has 8 heteroatoms. The highest BCUT2D eigenvalue weighted by Gasteiger charge is 2.74. The predicted molar refractivity (Wildman–Crippen MR) is 72.8 cm³/mol. The molecule has 0 bridgehead atoms. The SMILES string of the molecule is N[C@@]1(C(=O)O)C[C@H](NC(=O)c2ccncc2)[C@H]2[C@H](C(=O)O)[C@H]21. The zero-order chi connectivity index (χ0) is 16.1. The van der Waals surface area contributed by atoms with Crippen LogP contribution in [0, 0.1) is 17.8 Å². The van der Waals surface area contributed by atoms with E-state index in [4.69, 9.17) is 5.73 Å². The molecule has 0 aliphatic heterocycles. The molecule has 2 aliphatic carbocycles. The number of carbonyl (C=O) groups excluding carboxylic acids is 1. The van der Waals surface area contributed by atoms with E-state index < -0.39 is 47.2 Å². The van der Waals surface area contributed by atoms with E-state index in [9.17, 15) is 24.6 Å². The fourth-order valence-electron chi connectivity index (χ4n) is 3.59. The van der Waals surface area contributed by atoms with Gasteiger partial charge in [0.15, 0.2) is 0 Å². The maximum atomic E-state index is 12.1. The van der Waals surface area contributed by atoms with E-state index in [1.165, 1.54) is 24.5 Å². The Morgan fingerprint density at radius 1 is 1.27 bits per heavy atom. The Hall–Kier alpha value is -2.48. The second-order valence-corrected chi connectivity index (χ2v) is 5.83. The van der Waals surface area contributed by atoms with Gasteiger partial charge < -0.3 is 21.3 Å². The third-order valence-corrected chi connectivity index (χ3v) is 4.63. The number of nitrogens with one attached hydrogen (secondary N) is 1. The molecule has 1 aromatic rings. The van der Waals surface area contributed by atoms with Crippen LogP contribution in [-0.4, -0.2) is 44.6 Å². The normalized spacial score (nSPS) is 35.5. The van der Waals surface area contributed by atoms with Gasteiger partial charge in [-0.05, 0) is 24.5 Å². The summed E-state index contributed by atoms with van der Waals surface area (Å²) in [5, 5.41) is 21.2. The number of nitrogens with zero attached hydrogens (tertiary/aromatic N) is 1. The van der Waals surface area contributed by atoms with Crippen LogP contribution < -0.4 is 11.1 Å². The van der Waals surface area contributed by atoms with Crippen LogP contribution in [0.3, 0.4) is 0 Å². The molecular formula is C14H15N3O5. The molecule has 0 unspecified atom stereocenters. The van der Waals surface area contributed by atoms with Gasteiger partial charge in [0.25, 0.3) is 5.91 Å².